The van der Waals surface area contributed by atoms with Crippen LogP contribution in [0, 0.1) is 10.1 Å². The van der Waals surface area contributed by atoms with Gasteiger partial charge in [0.15, 0.2) is 5.82 Å². The molecule has 0 radical (unpaired) electrons. The summed E-state index contributed by atoms with van der Waals surface area (Å²) in [7, 11) is 0. The minimum atomic E-state index is -0.449. The topological polar surface area (TPSA) is 89.5 Å². The first-order valence-corrected chi connectivity index (χ1v) is 10.2. The van der Waals surface area contributed by atoms with E-state index >= 15 is 0 Å². The third kappa shape index (κ3) is 2.95. The normalized spacial score (nSPS) is 20.0. The number of fused-ring (bicyclic) bond motifs is 2. The zero-order chi connectivity index (χ0) is 18.4. The van der Waals surface area contributed by atoms with Crippen LogP contribution in [0.2, 0.25) is 0 Å². The lowest BCUT2D eigenvalue weighted by molar-refractivity contribution is -0.391. The molecule has 1 atom stereocenters. The average Bonchev–Trinajstić information content (AvgIpc) is 3.31. The molecule has 1 aliphatic carbocycles. The number of aromatic nitrogens is 4. The van der Waals surface area contributed by atoms with Crippen molar-refractivity contribution in [3.63, 3.8) is 0 Å². The minimum Gasteiger partial charge on any atom is -0.358 e. The number of nitro groups is 1. The van der Waals surface area contributed by atoms with E-state index in [1.165, 1.54) is 45.6 Å². The zero-order valence-electron chi connectivity index (χ0n) is 14.9. The van der Waals surface area contributed by atoms with Crippen molar-refractivity contribution in [1.29, 1.82) is 0 Å². The Morgan fingerprint density at radius 1 is 1.22 bits per heavy atom. The number of anilines is 1. The molecule has 2 aliphatic rings. The average molecular weight is 384 g/mol. The van der Waals surface area contributed by atoms with E-state index in [9.17, 15) is 10.1 Å². The lowest BCUT2D eigenvalue weighted by Gasteiger charge is -2.32. The summed E-state index contributed by atoms with van der Waals surface area (Å²) in [6.07, 6.45) is 8.28. The number of aryl methyl sites for hydroxylation is 2. The molecule has 0 amide bonds. The van der Waals surface area contributed by atoms with Crippen LogP contribution in [0.3, 0.4) is 0 Å². The molecule has 27 heavy (non-hydrogen) atoms. The highest BCUT2D eigenvalue weighted by atomic mass is 32.1. The predicted molar refractivity (Wildman–Crippen MR) is 103 cm³/mol. The number of piperidine rings is 1. The van der Waals surface area contributed by atoms with E-state index in [1.54, 1.807) is 6.07 Å². The van der Waals surface area contributed by atoms with Gasteiger partial charge in [0, 0.05) is 30.0 Å². The van der Waals surface area contributed by atoms with Gasteiger partial charge in [-0.2, -0.15) is 0 Å². The van der Waals surface area contributed by atoms with Gasteiger partial charge in [-0.25, -0.2) is 9.97 Å². The Labute approximate surface area is 160 Å². The van der Waals surface area contributed by atoms with Gasteiger partial charge in [0.05, 0.1) is 10.7 Å². The molecule has 9 heteroatoms. The van der Waals surface area contributed by atoms with Crippen molar-refractivity contribution in [2.45, 2.75) is 44.4 Å². The van der Waals surface area contributed by atoms with Crippen molar-refractivity contribution >= 4 is 28.6 Å². The summed E-state index contributed by atoms with van der Waals surface area (Å²) in [6.45, 7) is 1.76. The maximum absolute atomic E-state index is 11.2. The van der Waals surface area contributed by atoms with E-state index in [2.05, 4.69) is 15.0 Å². The van der Waals surface area contributed by atoms with Crippen LogP contribution in [0.1, 0.15) is 47.2 Å². The van der Waals surface area contributed by atoms with Crippen LogP contribution in [0.15, 0.2) is 18.3 Å². The number of thiazole rings is 1. The quantitative estimate of drug-likeness (QED) is 0.508. The van der Waals surface area contributed by atoms with Crippen LogP contribution in [-0.4, -0.2) is 37.6 Å². The van der Waals surface area contributed by atoms with Crippen molar-refractivity contribution in [1.82, 2.24) is 19.6 Å². The Hall–Kier alpha value is -2.55. The largest absolute Gasteiger partial charge is 0.368 e. The highest BCUT2D eigenvalue weighted by molar-refractivity contribution is 7.11. The highest BCUT2D eigenvalue weighted by Crippen LogP contribution is 2.35. The summed E-state index contributed by atoms with van der Waals surface area (Å²) >= 11 is 1.89. The fraction of sp³-hybridized carbons (Fsp3) is 0.500. The molecule has 1 unspecified atom stereocenters. The van der Waals surface area contributed by atoms with Gasteiger partial charge >= 0.3 is 5.82 Å². The number of hydrogen-bond acceptors (Lipinski definition) is 7. The first-order chi connectivity index (χ1) is 13.2. The molecule has 0 N–H and O–H groups in total. The minimum absolute atomic E-state index is 0.104. The third-order valence-electron chi connectivity index (χ3n) is 5.47. The highest BCUT2D eigenvalue weighted by Gasteiger charge is 2.28. The summed E-state index contributed by atoms with van der Waals surface area (Å²) in [4.78, 5) is 23.4. The zero-order valence-corrected chi connectivity index (χ0v) is 15.7. The molecule has 0 saturated carbocycles. The summed E-state index contributed by atoms with van der Waals surface area (Å²) in [5.41, 5.74) is 1.80. The van der Waals surface area contributed by atoms with Crippen LogP contribution in [0.5, 0.6) is 0 Å². The molecule has 1 fully saturated rings. The lowest BCUT2D eigenvalue weighted by Crippen LogP contribution is -2.35. The third-order valence-corrected chi connectivity index (χ3v) is 6.79. The van der Waals surface area contributed by atoms with E-state index in [0.717, 1.165) is 38.2 Å². The van der Waals surface area contributed by atoms with E-state index in [1.807, 2.05) is 17.4 Å². The number of hydrogen-bond donors (Lipinski definition) is 0. The summed E-state index contributed by atoms with van der Waals surface area (Å²) in [6, 6.07) is 3.70. The first-order valence-electron chi connectivity index (χ1n) is 9.41. The Kier molecular flexibility index (Phi) is 4.04. The molecular formula is C18H20N6O2S. The van der Waals surface area contributed by atoms with Gasteiger partial charge in [-0.15, -0.1) is 11.3 Å². The molecule has 1 aliphatic heterocycles. The maximum Gasteiger partial charge on any atom is 0.368 e. The van der Waals surface area contributed by atoms with Crippen molar-refractivity contribution in [3.8, 4) is 0 Å². The van der Waals surface area contributed by atoms with Crippen LogP contribution < -0.4 is 4.90 Å². The van der Waals surface area contributed by atoms with Crippen molar-refractivity contribution in [2.75, 3.05) is 18.0 Å². The van der Waals surface area contributed by atoms with E-state index in [-0.39, 0.29) is 5.82 Å². The van der Waals surface area contributed by atoms with Gasteiger partial charge < -0.3 is 15.0 Å². The Morgan fingerprint density at radius 3 is 2.96 bits per heavy atom. The predicted octanol–water partition coefficient (Wildman–Crippen LogP) is 3.36. The Bertz CT molecular complexity index is 989. The van der Waals surface area contributed by atoms with Crippen LogP contribution >= 0.6 is 11.3 Å². The SMILES string of the molecule is O=[N+]([O-])c1cnc2ccc(N3CCCC(c4nc5c(s4)CCCC5)C3)nn12. The smallest absolute Gasteiger partial charge is 0.358 e. The van der Waals surface area contributed by atoms with E-state index in [0.29, 0.717) is 11.6 Å². The second kappa shape index (κ2) is 6.56. The lowest BCUT2D eigenvalue weighted by atomic mass is 9.98. The van der Waals surface area contributed by atoms with Crippen molar-refractivity contribution in [3.05, 3.63) is 44.0 Å². The number of rotatable bonds is 3. The molecule has 5 rings (SSSR count). The fourth-order valence-electron chi connectivity index (χ4n) is 4.08. The van der Waals surface area contributed by atoms with E-state index in [4.69, 9.17) is 4.98 Å². The van der Waals surface area contributed by atoms with Gasteiger partial charge in [-0.1, -0.05) is 9.61 Å². The monoisotopic (exact) mass is 384 g/mol. The van der Waals surface area contributed by atoms with Crippen LogP contribution in [0.4, 0.5) is 11.6 Å². The number of imidazole rings is 1. The van der Waals surface area contributed by atoms with Crippen LogP contribution in [0.25, 0.3) is 5.65 Å². The number of nitrogens with zero attached hydrogens (tertiary/aromatic N) is 6. The molecule has 1 saturated heterocycles. The molecule has 8 nitrogen and oxygen atoms in total. The Balaban J connectivity index is 1.42. The molecule has 3 aromatic heterocycles. The second-order valence-electron chi connectivity index (χ2n) is 7.25. The summed E-state index contributed by atoms with van der Waals surface area (Å²) in [5, 5.41) is 16.9. The molecular weight excluding hydrogens is 364 g/mol. The van der Waals surface area contributed by atoms with Gasteiger partial charge in [-0.3, -0.25) is 0 Å². The molecule has 0 spiro atoms. The molecule has 0 aromatic carbocycles. The van der Waals surface area contributed by atoms with Gasteiger partial charge in [0.25, 0.3) is 0 Å². The van der Waals surface area contributed by atoms with Gasteiger partial charge in [0.2, 0.25) is 5.65 Å². The molecule has 0 bridgehead atoms. The van der Waals surface area contributed by atoms with Crippen molar-refractivity contribution in [2.24, 2.45) is 0 Å². The second-order valence-corrected chi connectivity index (χ2v) is 8.36. The maximum atomic E-state index is 11.2. The molecule has 3 aromatic rings. The Morgan fingerprint density at radius 2 is 2.11 bits per heavy atom. The molecule has 4 heterocycles. The van der Waals surface area contributed by atoms with Gasteiger partial charge in [0.1, 0.15) is 6.20 Å². The fourth-order valence-corrected chi connectivity index (χ4v) is 5.36. The molecule has 140 valence electrons. The summed E-state index contributed by atoms with van der Waals surface area (Å²) < 4.78 is 1.32. The first kappa shape index (κ1) is 16.6. The van der Waals surface area contributed by atoms with Crippen molar-refractivity contribution < 1.29 is 4.92 Å². The standard InChI is InChI=1S/C18H20N6O2S/c25-24(26)17-10-19-15-7-8-16(21-23(15)17)22-9-3-4-12(11-22)18-20-13-5-1-2-6-14(13)27-18/h7-8,10,12H,1-6,9,11H2. The van der Waals surface area contributed by atoms with Gasteiger partial charge in [-0.05, 0) is 49.5 Å². The summed E-state index contributed by atoms with van der Waals surface area (Å²) in [5.74, 6) is 1.06. The van der Waals surface area contributed by atoms with E-state index < -0.39 is 4.92 Å². The van der Waals surface area contributed by atoms with Crippen LogP contribution in [-0.2, 0) is 12.8 Å².